The number of aliphatic hydroxyl groups excluding tert-OH is 1. The number of aliphatic hydroxyl groups is 1. The van der Waals surface area contributed by atoms with E-state index in [9.17, 15) is 10.4 Å². The van der Waals surface area contributed by atoms with Crippen molar-refractivity contribution in [2.24, 2.45) is 0 Å². The van der Waals surface area contributed by atoms with E-state index in [-0.39, 0.29) is 17.4 Å². The molecule has 3 N–H and O–H groups in total. The van der Waals surface area contributed by atoms with Crippen LogP contribution in [-0.2, 0) is 6.54 Å². The Morgan fingerprint density at radius 3 is 2.61 bits per heavy atom. The molecule has 28 heavy (non-hydrogen) atoms. The number of benzene rings is 2. The van der Waals surface area contributed by atoms with E-state index in [1.165, 1.54) is 0 Å². The molecular weight excluding hydrogens is 352 g/mol. The molecule has 0 spiro atoms. The number of nitrogens with zero attached hydrogens (tertiary/aromatic N) is 2. The summed E-state index contributed by atoms with van der Waals surface area (Å²) in [5, 5.41) is 20.4. The minimum Gasteiger partial charge on any atom is -0.505 e. The number of hydrogen-bond acceptors (Lipinski definition) is 4. The summed E-state index contributed by atoms with van der Waals surface area (Å²) >= 11 is 0. The summed E-state index contributed by atoms with van der Waals surface area (Å²) in [4.78, 5) is 8.61. The highest BCUT2D eigenvalue weighted by Gasteiger charge is 2.24. The van der Waals surface area contributed by atoms with Gasteiger partial charge in [-0.15, -0.1) is 0 Å². The predicted molar refractivity (Wildman–Crippen MR) is 109 cm³/mol. The highest BCUT2D eigenvalue weighted by molar-refractivity contribution is 5.82. The molecule has 0 radical (unpaired) electrons. The van der Waals surface area contributed by atoms with Crippen LogP contribution in [0.5, 0.6) is 5.75 Å². The molecule has 6 heteroatoms. The van der Waals surface area contributed by atoms with E-state index in [0.717, 1.165) is 27.2 Å². The maximum Gasteiger partial charge on any atom is 0.172 e. The molecule has 0 aliphatic heterocycles. The first-order valence-electron chi connectivity index (χ1n) is 9.35. The van der Waals surface area contributed by atoms with Crippen molar-refractivity contribution >= 4 is 16.6 Å². The number of hydrogen-bond donors (Lipinski definition) is 3. The van der Waals surface area contributed by atoms with Crippen LogP contribution in [0.1, 0.15) is 25.2 Å². The first-order valence-corrected chi connectivity index (χ1v) is 9.35. The summed E-state index contributed by atoms with van der Waals surface area (Å²) in [5.41, 5.74) is 2.90. The zero-order valence-corrected chi connectivity index (χ0v) is 16.4. The van der Waals surface area contributed by atoms with Gasteiger partial charge in [0.05, 0.1) is 24.7 Å². The molecule has 1 unspecified atom stereocenters. The Balaban J connectivity index is 1.80. The van der Waals surface area contributed by atoms with Gasteiger partial charge >= 0.3 is 0 Å². The molecule has 1 aromatic heterocycles. The Bertz CT molecular complexity index is 982. The molecule has 144 valence electrons. The highest BCUT2D eigenvalue weighted by Crippen LogP contribution is 2.19. The molecular formula is C22H25N4O2+. The summed E-state index contributed by atoms with van der Waals surface area (Å²) in [6.45, 7) is 5.20. The Morgan fingerprint density at radius 1 is 1.25 bits per heavy atom. The first-order chi connectivity index (χ1) is 13.5. The van der Waals surface area contributed by atoms with Gasteiger partial charge in [-0.05, 0) is 50.2 Å². The fraction of sp³-hybridized carbons (Fsp3) is 0.273. The van der Waals surface area contributed by atoms with Gasteiger partial charge in [0.2, 0.25) is 0 Å². The van der Waals surface area contributed by atoms with Gasteiger partial charge in [0.1, 0.15) is 30.0 Å². The van der Waals surface area contributed by atoms with Gasteiger partial charge in [0.25, 0.3) is 0 Å². The van der Waals surface area contributed by atoms with E-state index < -0.39 is 0 Å². The summed E-state index contributed by atoms with van der Waals surface area (Å²) in [6.07, 6.45) is 0. The van der Waals surface area contributed by atoms with Gasteiger partial charge in [0.15, 0.2) is 11.6 Å². The second-order valence-electron chi connectivity index (χ2n) is 6.80. The van der Waals surface area contributed by atoms with E-state index >= 15 is 0 Å². The number of imidazole rings is 1. The van der Waals surface area contributed by atoms with E-state index in [1.54, 1.807) is 0 Å². The third-order valence-electron chi connectivity index (χ3n) is 4.86. The van der Waals surface area contributed by atoms with Gasteiger partial charge in [-0.25, -0.2) is 4.98 Å². The molecule has 0 amide bonds. The smallest absolute Gasteiger partial charge is 0.172 e. The SMILES string of the molecule is CCOc1ccc(C[NH+](C)[C@H](C)/C(O)=C(\C#N)c2nc3ccccc3[nH]2)cc1. The summed E-state index contributed by atoms with van der Waals surface area (Å²) in [6, 6.07) is 17.3. The minimum atomic E-state index is -0.269. The van der Waals surface area contributed by atoms with Crippen molar-refractivity contribution in [1.82, 2.24) is 9.97 Å². The average Bonchev–Trinajstić information content (AvgIpc) is 3.13. The third kappa shape index (κ3) is 4.16. The molecule has 0 aliphatic carbocycles. The average molecular weight is 377 g/mol. The summed E-state index contributed by atoms with van der Waals surface area (Å²) in [7, 11) is 1.99. The van der Waals surface area contributed by atoms with Gasteiger partial charge in [-0.1, -0.05) is 12.1 Å². The Kier molecular flexibility index (Phi) is 5.97. The minimum absolute atomic E-state index is 0.0324. The molecule has 3 rings (SSSR count). The van der Waals surface area contributed by atoms with Crippen LogP contribution in [-0.4, -0.2) is 34.8 Å². The Hall–Kier alpha value is -3.30. The van der Waals surface area contributed by atoms with Gasteiger partial charge in [-0.3, -0.25) is 0 Å². The van der Waals surface area contributed by atoms with Crippen molar-refractivity contribution in [3.63, 3.8) is 0 Å². The van der Waals surface area contributed by atoms with Crippen LogP contribution >= 0.6 is 0 Å². The molecule has 0 bridgehead atoms. The second kappa shape index (κ2) is 8.59. The zero-order valence-electron chi connectivity index (χ0n) is 16.4. The number of H-pyrrole nitrogens is 1. The van der Waals surface area contributed by atoms with Crippen molar-refractivity contribution in [2.45, 2.75) is 26.4 Å². The highest BCUT2D eigenvalue weighted by atomic mass is 16.5. The molecule has 0 saturated carbocycles. The lowest BCUT2D eigenvalue weighted by Gasteiger charge is -2.22. The summed E-state index contributed by atoms with van der Waals surface area (Å²) in [5.74, 6) is 1.27. The summed E-state index contributed by atoms with van der Waals surface area (Å²) < 4.78 is 5.47. The maximum atomic E-state index is 10.8. The van der Waals surface area contributed by atoms with Crippen LogP contribution in [0.15, 0.2) is 54.3 Å². The molecule has 1 heterocycles. The number of quaternary nitrogens is 1. The first kappa shape index (κ1) is 19.5. The predicted octanol–water partition coefficient (Wildman–Crippen LogP) is 2.86. The van der Waals surface area contributed by atoms with E-state index in [4.69, 9.17) is 4.74 Å². The molecule has 3 aromatic rings. The number of allylic oxidation sites excluding steroid dienone is 1. The van der Waals surface area contributed by atoms with Crippen LogP contribution in [0.25, 0.3) is 16.6 Å². The molecule has 0 aliphatic rings. The number of para-hydroxylation sites is 2. The normalized spacial score (nSPS) is 14.2. The van der Waals surface area contributed by atoms with Crippen molar-refractivity contribution in [1.29, 1.82) is 5.26 Å². The van der Waals surface area contributed by atoms with Crippen molar-refractivity contribution in [2.75, 3.05) is 13.7 Å². The van der Waals surface area contributed by atoms with Gasteiger partial charge < -0.3 is 19.7 Å². The van der Waals surface area contributed by atoms with E-state index in [2.05, 4.69) is 16.0 Å². The molecule has 0 saturated heterocycles. The van der Waals surface area contributed by atoms with Crippen molar-refractivity contribution in [3.05, 3.63) is 65.7 Å². The topological polar surface area (TPSA) is 86.4 Å². The van der Waals surface area contributed by atoms with Crippen LogP contribution < -0.4 is 9.64 Å². The van der Waals surface area contributed by atoms with Crippen LogP contribution in [0.3, 0.4) is 0 Å². The van der Waals surface area contributed by atoms with Gasteiger partial charge in [0, 0.05) is 5.56 Å². The van der Waals surface area contributed by atoms with Crippen LogP contribution in [0.2, 0.25) is 0 Å². The zero-order chi connectivity index (χ0) is 20.1. The van der Waals surface area contributed by atoms with Crippen molar-refractivity contribution in [3.8, 4) is 11.8 Å². The number of nitrogens with one attached hydrogen (secondary N) is 2. The number of aromatic amines is 1. The number of nitriles is 1. The number of rotatable bonds is 7. The molecule has 6 nitrogen and oxygen atoms in total. The van der Waals surface area contributed by atoms with E-state index in [0.29, 0.717) is 19.0 Å². The third-order valence-corrected chi connectivity index (χ3v) is 4.86. The number of likely N-dealkylation sites (N-methyl/N-ethyl adjacent to an activating group) is 1. The van der Waals surface area contributed by atoms with E-state index in [1.807, 2.05) is 69.4 Å². The molecule has 2 aromatic carbocycles. The number of aromatic nitrogens is 2. The Labute approximate surface area is 164 Å². The maximum absolute atomic E-state index is 10.8. The van der Waals surface area contributed by atoms with Crippen molar-refractivity contribution < 1.29 is 14.7 Å². The second-order valence-corrected chi connectivity index (χ2v) is 6.80. The van der Waals surface area contributed by atoms with Gasteiger partial charge in [-0.2, -0.15) is 5.26 Å². The fourth-order valence-electron chi connectivity index (χ4n) is 3.10. The number of ether oxygens (including phenoxy) is 1. The van der Waals surface area contributed by atoms with Crippen LogP contribution in [0, 0.1) is 11.3 Å². The fourth-order valence-corrected chi connectivity index (χ4v) is 3.10. The monoisotopic (exact) mass is 377 g/mol. The Morgan fingerprint density at radius 2 is 1.96 bits per heavy atom. The number of fused-ring (bicyclic) bond motifs is 1. The quantitative estimate of drug-likeness (QED) is 0.436. The molecule has 2 atom stereocenters. The molecule has 0 fully saturated rings. The van der Waals surface area contributed by atoms with Crippen LogP contribution in [0.4, 0.5) is 0 Å². The lowest BCUT2D eigenvalue weighted by Crippen LogP contribution is -3.11. The largest absolute Gasteiger partial charge is 0.505 e. The lowest BCUT2D eigenvalue weighted by atomic mass is 10.1. The standard InChI is InChI=1S/C22H24N4O2/c1-4-28-17-11-9-16(10-12-17)14-26(3)15(2)21(27)18(13-23)22-24-19-7-5-6-8-20(19)25-22/h5-12,15,27H,4,14H2,1-3H3,(H,24,25)/p+1/b21-18-/t15-/m1/s1. The lowest BCUT2D eigenvalue weighted by molar-refractivity contribution is -0.913.